The third-order valence-corrected chi connectivity index (χ3v) is 2.55. The second-order valence-corrected chi connectivity index (χ2v) is 3.22. The highest BCUT2D eigenvalue weighted by Gasteiger charge is 2.14. The monoisotopic (exact) mass is 158 g/mol. The average Bonchev–Trinajstić information content (AvgIpc) is 2.05. The first kappa shape index (κ1) is 10.9. The number of hydrogen-bond acceptors (Lipinski definition) is 2. The minimum atomic E-state index is 0.514. The lowest BCUT2D eigenvalue weighted by Gasteiger charge is -2.31. The molecule has 2 nitrogen and oxygen atoms in total. The van der Waals surface area contributed by atoms with Gasteiger partial charge in [-0.3, -0.25) is 4.90 Å². The lowest BCUT2D eigenvalue weighted by atomic mass is 10.1. The van der Waals surface area contributed by atoms with E-state index in [0.29, 0.717) is 12.1 Å². The van der Waals surface area contributed by atoms with E-state index in [2.05, 4.69) is 32.7 Å². The fourth-order valence-corrected chi connectivity index (χ4v) is 1.39. The molecule has 0 radical (unpaired) electrons. The summed E-state index contributed by atoms with van der Waals surface area (Å²) in [6.45, 7) is 7.40. The molecule has 0 aliphatic rings. The molecule has 2 heteroatoms. The highest BCUT2D eigenvalue weighted by molar-refractivity contribution is 4.71. The van der Waals surface area contributed by atoms with Gasteiger partial charge in [0.25, 0.3) is 0 Å². The standard InChI is InChI=1S/C9H22N2/c1-5-9(6-2)11(4)8(3)7-10/h8-9H,5-7,10H2,1-4H3. The Labute approximate surface area is 70.8 Å². The molecule has 2 N–H and O–H groups in total. The number of hydrogen-bond donors (Lipinski definition) is 1. The Hall–Kier alpha value is -0.0800. The highest BCUT2D eigenvalue weighted by Crippen LogP contribution is 2.08. The molecule has 0 aliphatic carbocycles. The normalized spacial score (nSPS) is 14.5. The molecule has 1 unspecified atom stereocenters. The smallest absolute Gasteiger partial charge is 0.0190 e. The van der Waals surface area contributed by atoms with Crippen molar-refractivity contribution >= 4 is 0 Å². The lowest BCUT2D eigenvalue weighted by Crippen LogP contribution is -2.41. The van der Waals surface area contributed by atoms with Gasteiger partial charge in [-0.25, -0.2) is 0 Å². The van der Waals surface area contributed by atoms with E-state index in [1.807, 2.05) is 0 Å². The molecule has 1 atom stereocenters. The zero-order chi connectivity index (χ0) is 8.85. The second kappa shape index (κ2) is 5.56. The largest absolute Gasteiger partial charge is 0.329 e. The van der Waals surface area contributed by atoms with E-state index in [1.165, 1.54) is 12.8 Å². The highest BCUT2D eigenvalue weighted by atomic mass is 15.2. The Bertz CT molecular complexity index is 89.6. The van der Waals surface area contributed by atoms with Gasteiger partial charge in [0.05, 0.1) is 0 Å². The fraction of sp³-hybridized carbons (Fsp3) is 1.00. The minimum absolute atomic E-state index is 0.514. The van der Waals surface area contributed by atoms with E-state index in [-0.39, 0.29) is 0 Å². The molecule has 11 heavy (non-hydrogen) atoms. The van der Waals surface area contributed by atoms with Crippen molar-refractivity contribution in [3.05, 3.63) is 0 Å². The van der Waals surface area contributed by atoms with Crippen LogP contribution in [0.4, 0.5) is 0 Å². The molecule has 0 heterocycles. The average molecular weight is 158 g/mol. The van der Waals surface area contributed by atoms with Gasteiger partial charge in [-0.15, -0.1) is 0 Å². The first-order chi connectivity index (χ1) is 5.17. The summed E-state index contributed by atoms with van der Waals surface area (Å²) in [6, 6.07) is 1.22. The quantitative estimate of drug-likeness (QED) is 0.656. The number of nitrogens with zero attached hydrogens (tertiary/aromatic N) is 1. The van der Waals surface area contributed by atoms with Crippen LogP contribution in [0.1, 0.15) is 33.6 Å². The molecule has 0 rings (SSSR count). The van der Waals surface area contributed by atoms with Crippen LogP contribution in [-0.2, 0) is 0 Å². The lowest BCUT2D eigenvalue weighted by molar-refractivity contribution is 0.178. The van der Waals surface area contributed by atoms with E-state index in [9.17, 15) is 0 Å². The fourth-order valence-electron chi connectivity index (χ4n) is 1.39. The number of nitrogens with two attached hydrogens (primary N) is 1. The van der Waals surface area contributed by atoms with Crippen molar-refractivity contribution in [1.82, 2.24) is 4.90 Å². The second-order valence-electron chi connectivity index (χ2n) is 3.22. The van der Waals surface area contributed by atoms with Crippen molar-refractivity contribution < 1.29 is 0 Å². The Balaban J connectivity index is 3.86. The predicted molar refractivity (Wildman–Crippen MR) is 50.6 cm³/mol. The maximum Gasteiger partial charge on any atom is 0.0190 e. The summed E-state index contributed by atoms with van der Waals surface area (Å²) in [5.41, 5.74) is 5.58. The van der Waals surface area contributed by atoms with Gasteiger partial charge in [0.15, 0.2) is 0 Å². The summed E-state index contributed by atoms with van der Waals surface area (Å²) in [6.07, 6.45) is 2.44. The van der Waals surface area contributed by atoms with Crippen molar-refractivity contribution in [2.75, 3.05) is 13.6 Å². The van der Waals surface area contributed by atoms with E-state index < -0.39 is 0 Å². The van der Waals surface area contributed by atoms with Crippen molar-refractivity contribution in [2.24, 2.45) is 5.73 Å². The molecule has 0 aliphatic heterocycles. The van der Waals surface area contributed by atoms with Gasteiger partial charge >= 0.3 is 0 Å². The van der Waals surface area contributed by atoms with Gasteiger partial charge in [-0.1, -0.05) is 13.8 Å². The maximum absolute atomic E-state index is 5.58. The van der Waals surface area contributed by atoms with E-state index in [1.54, 1.807) is 0 Å². The van der Waals surface area contributed by atoms with Crippen LogP contribution in [0.15, 0.2) is 0 Å². The van der Waals surface area contributed by atoms with Crippen LogP contribution < -0.4 is 5.73 Å². The van der Waals surface area contributed by atoms with Gasteiger partial charge in [0, 0.05) is 18.6 Å². The molecule has 0 fully saturated rings. The van der Waals surface area contributed by atoms with Crippen LogP contribution in [0.3, 0.4) is 0 Å². The zero-order valence-corrected chi connectivity index (χ0v) is 8.30. The summed E-state index contributed by atoms with van der Waals surface area (Å²) in [4.78, 5) is 2.38. The van der Waals surface area contributed by atoms with Crippen molar-refractivity contribution in [2.45, 2.75) is 45.7 Å². The van der Waals surface area contributed by atoms with Crippen LogP contribution in [0, 0.1) is 0 Å². The van der Waals surface area contributed by atoms with Crippen LogP contribution in [-0.4, -0.2) is 30.6 Å². The topological polar surface area (TPSA) is 29.3 Å². The molecule has 0 saturated heterocycles. The Morgan fingerprint density at radius 1 is 1.27 bits per heavy atom. The van der Waals surface area contributed by atoms with Crippen molar-refractivity contribution in [3.63, 3.8) is 0 Å². The first-order valence-corrected chi connectivity index (χ1v) is 4.59. The van der Waals surface area contributed by atoms with Gasteiger partial charge < -0.3 is 5.73 Å². The molecule has 0 saturated carbocycles. The predicted octanol–water partition coefficient (Wildman–Crippen LogP) is 1.45. The number of likely N-dealkylation sites (N-methyl/N-ethyl adjacent to an activating group) is 1. The molecule has 0 aromatic heterocycles. The van der Waals surface area contributed by atoms with E-state index in [4.69, 9.17) is 5.73 Å². The van der Waals surface area contributed by atoms with Gasteiger partial charge in [0.2, 0.25) is 0 Å². The molecule has 0 aromatic carbocycles. The molecule has 0 aromatic rings. The van der Waals surface area contributed by atoms with E-state index >= 15 is 0 Å². The molecule has 0 spiro atoms. The molecule has 0 amide bonds. The van der Waals surface area contributed by atoms with Crippen LogP contribution in [0.2, 0.25) is 0 Å². The van der Waals surface area contributed by atoms with Crippen molar-refractivity contribution in [3.8, 4) is 0 Å². The van der Waals surface area contributed by atoms with Gasteiger partial charge in [0.1, 0.15) is 0 Å². The summed E-state index contributed by atoms with van der Waals surface area (Å²) < 4.78 is 0. The number of rotatable bonds is 5. The maximum atomic E-state index is 5.58. The Kier molecular flexibility index (Phi) is 5.51. The Morgan fingerprint density at radius 2 is 1.73 bits per heavy atom. The first-order valence-electron chi connectivity index (χ1n) is 4.59. The van der Waals surface area contributed by atoms with Crippen LogP contribution in [0.5, 0.6) is 0 Å². The summed E-state index contributed by atoms with van der Waals surface area (Å²) >= 11 is 0. The SMILES string of the molecule is CCC(CC)N(C)C(C)CN. The molecular formula is C9H22N2. The van der Waals surface area contributed by atoms with Gasteiger partial charge in [-0.05, 0) is 26.8 Å². The van der Waals surface area contributed by atoms with Gasteiger partial charge in [-0.2, -0.15) is 0 Å². The van der Waals surface area contributed by atoms with Crippen LogP contribution >= 0.6 is 0 Å². The molecular weight excluding hydrogens is 136 g/mol. The minimum Gasteiger partial charge on any atom is -0.329 e. The van der Waals surface area contributed by atoms with Crippen molar-refractivity contribution in [1.29, 1.82) is 0 Å². The summed E-state index contributed by atoms with van der Waals surface area (Å²) in [7, 11) is 2.16. The third-order valence-electron chi connectivity index (χ3n) is 2.55. The zero-order valence-electron chi connectivity index (χ0n) is 8.30. The molecule has 0 bridgehead atoms. The summed E-state index contributed by atoms with van der Waals surface area (Å²) in [5.74, 6) is 0. The third kappa shape index (κ3) is 3.21. The Morgan fingerprint density at radius 3 is 2.00 bits per heavy atom. The summed E-state index contributed by atoms with van der Waals surface area (Å²) in [5, 5.41) is 0. The molecule has 68 valence electrons. The van der Waals surface area contributed by atoms with Crippen LogP contribution in [0.25, 0.3) is 0 Å². The van der Waals surface area contributed by atoms with E-state index in [0.717, 1.165) is 6.54 Å².